The average Bonchev–Trinajstić information content (AvgIpc) is 2.93. The fourth-order valence-electron chi connectivity index (χ4n) is 2.14. The lowest BCUT2D eigenvalue weighted by Crippen LogP contribution is -2.15. The van der Waals surface area contributed by atoms with Gasteiger partial charge in [0.2, 0.25) is 11.8 Å². The molecule has 0 unspecified atom stereocenters. The quantitative estimate of drug-likeness (QED) is 0.775. The first-order chi connectivity index (χ1) is 11.5. The van der Waals surface area contributed by atoms with E-state index >= 15 is 0 Å². The second-order valence-corrected chi connectivity index (χ2v) is 5.52. The highest BCUT2D eigenvalue weighted by Gasteiger charge is 2.15. The van der Waals surface area contributed by atoms with E-state index in [0.29, 0.717) is 23.0 Å². The Bertz CT molecular complexity index is 881. The minimum absolute atomic E-state index is 0.0323. The number of oxazole rings is 1. The molecule has 0 aliphatic carbocycles. The van der Waals surface area contributed by atoms with E-state index in [-0.39, 0.29) is 17.4 Å². The van der Waals surface area contributed by atoms with E-state index in [9.17, 15) is 9.18 Å². The maximum absolute atomic E-state index is 13.1. The van der Waals surface area contributed by atoms with Crippen LogP contribution in [0.4, 0.5) is 10.1 Å². The highest BCUT2D eigenvalue weighted by Crippen LogP contribution is 2.22. The number of amides is 1. The number of carbonyl (C=O) groups excluding carboxylic acids is 1. The molecule has 2 heterocycles. The van der Waals surface area contributed by atoms with Gasteiger partial charge < -0.3 is 9.73 Å². The smallest absolute Gasteiger partial charge is 0.230 e. The molecule has 5 nitrogen and oxygen atoms in total. The molecule has 1 N–H and O–H groups in total. The third-order valence-corrected chi connectivity index (χ3v) is 3.62. The Morgan fingerprint density at radius 3 is 2.92 bits per heavy atom. The summed E-state index contributed by atoms with van der Waals surface area (Å²) < 4.78 is 18.7. The van der Waals surface area contributed by atoms with Crippen molar-refractivity contribution in [2.45, 2.75) is 13.3 Å². The van der Waals surface area contributed by atoms with Gasteiger partial charge in [-0.3, -0.25) is 9.78 Å². The lowest BCUT2D eigenvalue weighted by atomic mass is 10.2. The number of benzene rings is 1. The van der Waals surface area contributed by atoms with Crippen molar-refractivity contribution in [3.63, 3.8) is 0 Å². The van der Waals surface area contributed by atoms with Gasteiger partial charge in [0.15, 0.2) is 0 Å². The van der Waals surface area contributed by atoms with Crippen LogP contribution in [0.25, 0.3) is 11.5 Å². The molecule has 122 valence electrons. The number of nitrogens with zero attached hydrogens (tertiary/aromatic N) is 2. The topological polar surface area (TPSA) is 68.0 Å². The van der Waals surface area contributed by atoms with E-state index in [1.807, 2.05) is 6.07 Å². The molecule has 3 rings (SSSR count). The van der Waals surface area contributed by atoms with Gasteiger partial charge in [-0.15, -0.1) is 0 Å². The van der Waals surface area contributed by atoms with Crippen LogP contribution in [0, 0.1) is 12.7 Å². The van der Waals surface area contributed by atoms with Crippen LogP contribution in [0.3, 0.4) is 0 Å². The molecule has 0 aliphatic heterocycles. The minimum Gasteiger partial charge on any atom is -0.441 e. The number of aryl methyl sites for hydroxylation is 1. The number of anilines is 1. The van der Waals surface area contributed by atoms with Crippen LogP contribution in [-0.4, -0.2) is 15.9 Å². The lowest BCUT2D eigenvalue weighted by Gasteiger charge is -2.05. The summed E-state index contributed by atoms with van der Waals surface area (Å²) in [4.78, 5) is 20.5. The van der Waals surface area contributed by atoms with Gasteiger partial charge in [0, 0.05) is 18.1 Å². The van der Waals surface area contributed by atoms with Crippen molar-refractivity contribution in [1.82, 2.24) is 9.97 Å². The predicted octanol–water partition coefficient (Wildman–Crippen LogP) is 4.02. The summed E-state index contributed by atoms with van der Waals surface area (Å²) in [6.45, 7) is 1.74. The lowest BCUT2D eigenvalue weighted by molar-refractivity contribution is -0.115. The molecule has 7 heteroatoms. The largest absolute Gasteiger partial charge is 0.441 e. The molecule has 0 bridgehead atoms. The van der Waals surface area contributed by atoms with Crippen molar-refractivity contribution < 1.29 is 13.6 Å². The first-order valence-electron chi connectivity index (χ1n) is 7.14. The molecule has 0 saturated heterocycles. The van der Waals surface area contributed by atoms with E-state index in [4.69, 9.17) is 16.0 Å². The number of aromatic nitrogens is 2. The second kappa shape index (κ2) is 6.80. The van der Waals surface area contributed by atoms with Crippen LogP contribution in [0.1, 0.15) is 11.5 Å². The maximum atomic E-state index is 13.1. The van der Waals surface area contributed by atoms with Gasteiger partial charge in [-0.2, -0.15) is 0 Å². The van der Waals surface area contributed by atoms with Gasteiger partial charge in [0.05, 0.1) is 22.7 Å². The van der Waals surface area contributed by atoms with Gasteiger partial charge >= 0.3 is 0 Å². The molecule has 0 atom stereocenters. The number of hydrogen-bond acceptors (Lipinski definition) is 4. The van der Waals surface area contributed by atoms with Crippen molar-refractivity contribution in [2.75, 3.05) is 5.32 Å². The van der Waals surface area contributed by atoms with Gasteiger partial charge in [-0.05, 0) is 37.3 Å². The first-order valence-corrected chi connectivity index (χ1v) is 7.52. The Hall–Kier alpha value is -2.73. The van der Waals surface area contributed by atoms with Crippen molar-refractivity contribution in [3.8, 4) is 11.5 Å². The SMILES string of the molecule is Cc1oc(-c2cccnc2)nc1CC(=O)Nc1ccc(F)c(Cl)c1. The summed E-state index contributed by atoms with van der Waals surface area (Å²) in [7, 11) is 0. The van der Waals surface area contributed by atoms with E-state index in [1.165, 1.54) is 18.2 Å². The Morgan fingerprint density at radius 2 is 2.21 bits per heavy atom. The van der Waals surface area contributed by atoms with E-state index in [2.05, 4.69) is 15.3 Å². The number of hydrogen-bond donors (Lipinski definition) is 1. The summed E-state index contributed by atoms with van der Waals surface area (Å²) in [5.74, 6) is 0.129. The molecular formula is C17H13ClFN3O2. The van der Waals surface area contributed by atoms with Crippen molar-refractivity contribution >= 4 is 23.2 Å². The fourth-order valence-corrected chi connectivity index (χ4v) is 2.32. The highest BCUT2D eigenvalue weighted by molar-refractivity contribution is 6.31. The molecule has 0 radical (unpaired) electrons. The Morgan fingerprint density at radius 1 is 1.38 bits per heavy atom. The van der Waals surface area contributed by atoms with Crippen molar-refractivity contribution in [1.29, 1.82) is 0 Å². The highest BCUT2D eigenvalue weighted by atomic mass is 35.5. The zero-order valence-corrected chi connectivity index (χ0v) is 13.5. The number of pyridine rings is 1. The number of nitrogens with one attached hydrogen (secondary N) is 1. The third-order valence-electron chi connectivity index (χ3n) is 3.33. The predicted molar refractivity (Wildman–Crippen MR) is 88.2 cm³/mol. The second-order valence-electron chi connectivity index (χ2n) is 5.12. The van der Waals surface area contributed by atoms with E-state index < -0.39 is 5.82 Å². The van der Waals surface area contributed by atoms with Crippen molar-refractivity contribution in [2.24, 2.45) is 0 Å². The first kappa shape index (κ1) is 16.1. The van der Waals surface area contributed by atoms with Crippen LogP contribution in [0.15, 0.2) is 47.1 Å². The number of carbonyl (C=O) groups is 1. The molecule has 24 heavy (non-hydrogen) atoms. The van der Waals surface area contributed by atoms with Crippen LogP contribution in [0.5, 0.6) is 0 Å². The standard InChI is InChI=1S/C17H13ClFN3O2/c1-10-15(22-17(24-10)11-3-2-6-20-9-11)8-16(23)21-12-4-5-14(19)13(18)7-12/h2-7,9H,8H2,1H3,(H,21,23). The summed E-state index contributed by atoms with van der Waals surface area (Å²) in [6, 6.07) is 7.59. The summed E-state index contributed by atoms with van der Waals surface area (Å²) in [5.41, 5.74) is 1.68. The maximum Gasteiger partial charge on any atom is 0.230 e. The Kier molecular flexibility index (Phi) is 4.57. The van der Waals surface area contributed by atoms with Gasteiger partial charge in [0.25, 0.3) is 0 Å². The normalized spacial score (nSPS) is 10.6. The Balaban J connectivity index is 1.72. The summed E-state index contributed by atoms with van der Waals surface area (Å²) in [6.07, 6.45) is 3.32. The molecule has 3 aromatic rings. The molecule has 1 amide bonds. The average molecular weight is 346 g/mol. The molecule has 1 aromatic carbocycles. The minimum atomic E-state index is -0.539. The van der Waals surface area contributed by atoms with Crippen LogP contribution in [0.2, 0.25) is 5.02 Å². The van der Waals surface area contributed by atoms with E-state index in [0.717, 1.165) is 5.56 Å². The third kappa shape index (κ3) is 3.60. The summed E-state index contributed by atoms with van der Waals surface area (Å²) >= 11 is 5.69. The number of halogens is 2. The van der Waals surface area contributed by atoms with Crippen LogP contribution < -0.4 is 5.32 Å². The van der Waals surface area contributed by atoms with Gasteiger partial charge in [0.1, 0.15) is 11.6 Å². The number of rotatable bonds is 4. The molecule has 0 aliphatic rings. The molecule has 0 spiro atoms. The monoisotopic (exact) mass is 345 g/mol. The zero-order valence-electron chi connectivity index (χ0n) is 12.7. The van der Waals surface area contributed by atoms with E-state index in [1.54, 1.807) is 25.4 Å². The van der Waals surface area contributed by atoms with Crippen LogP contribution >= 0.6 is 11.6 Å². The van der Waals surface area contributed by atoms with Gasteiger partial charge in [-0.25, -0.2) is 9.37 Å². The zero-order chi connectivity index (χ0) is 17.1. The molecular weight excluding hydrogens is 333 g/mol. The molecule has 2 aromatic heterocycles. The van der Waals surface area contributed by atoms with Gasteiger partial charge in [-0.1, -0.05) is 11.6 Å². The summed E-state index contributed by atoms with van der Waals surface area (Å²) in [5, 5.41) is 2.60. The molecule has 0 fully saturated rings. The Labute approximate surface area is 142 Å². The molecule has 0 saturated carbocycles. The van der Waals surface area contributed by atoms with Crippen LogP contribution in [-0.2, 0) is 11.2 Å². The van der Waals surface area contributed by atoms with Crippen molar-refractivity contribution in [3.05, 3.63) is 65.0 Å². The fraction of sp³-hybridized carbons (Fsp3) is 0.118.